The first-order valence-electron chi connectivity index (χ1n) is 8.12. The van der Waals surface area contributed by atoms with E-state index in [1.165, 1.54) is 21.1 Å². The number of amides is 1. The predicted molar refractivity (Wildman–Crippen MR) is 100 cm³/mol. The van der Waals surface area contributed by atoms with Crippen molar-refractivity contribution in [1.82, 2.24) is 4.98 Å². The number of rotatable bonds is 5. The van der Waals surface area contributed by atoms with Gasteiger partial charge in [-0.1, -0.05) is 0 Å². The van der Waals surface area contributed by atoms with Crippen molar-refractivity contribution in [3.63, 3.8) is 0 Å². The lowest BCUT2D eigenvalue weighted by molar-refractivity contribution is -0.114. The SMILES string of the molecule is COC(=O)c1ccc2nccc(Oc3cc(NC(C)=O)cc(OC)c3)c2c1. The van der Waals surface area contributed by atoms with Crippen LogP contribution in [0.25, 0.3) is 10.9 Å². The highest BCUT2D eigenvalue weighted by molar-refractivity contribution is 5.96. The molecular weight excluding hydrogens is 348 g/mol. The third-order valence-corrected chi connectivity index (χ3v) is 3.79. The van der Waals surface area contributed by atoms with Gasteiger partial charge >= 0.3 is 5.97 Å². The first kappa shape index (κ1) is 18.2. The van der Waals surface area contributed by atoms with Gasteiger partial charge in [0.05, 0.1) is 25.3 Å². The summed E-state index contributed by atoms with van der Waals surface area (Å²) in [6.45, 7) is 1.42. The van der Waals surface area contributed by atoms with Gasteiger partial charge < -0.3 is 19.5 Å². The van der Waals surface area contributed by atoms with E-state index >= 15 is 0 Å². The van der Waals surface area contributed by atoms with Crippen molar-refractivity contribution in [3.8, 4) is 17.2 Å². The molecule has 0 unspecified atom stereocenters. The monoisotopic (exact) mass is 366 g/mol. The van der Waals surface area contributed by atoms with Gasteiger partial charge in [-0.25, -0.2) is 4.79 Å². The fraction of sp³-hybridized carbons (Fsp3) is 0.150. The number of hydrogen-bond donors (Lipinski definition) is 1. The minimum Gasteiger partial charge on any atom is -0.497 e. The maximum absolute atomic E-state index is 11.8. The van der Waals surface area contributed by atoms with Crippen LogP contribution in [0.3, 0.4) is 0 Å². The van der Waals surface area contributed by atoms with Crippen LogP contribution in [0, 0.1) is 0 Å². The minimum atomic E-state index is -0.443. The highest BCUT2D eigenvalue weighted by atomic mass is 16.5. The summed E-state index contributed by atoms with van der Waals surface area (Å²) in [6, 6.07) is 11.8. The number of methoxy groups -OCH3 is 2. The van der Waals surface area contributed by atoms with Gasteiger partial charge in [0, 0.05) is 42.4 Å². The van der Waals surface area contributed by atoms with Crippen molar-refractivity contribution in [3.05, 3.63) is 54.2 Å². The summed E-state index contributed by atoms with van der Waals surface area (Å²) in [5, 5.41) is 3.36. The van der Waals surface area contributed by atoms with Crippen molar-refractivity contribution in [2.24, 2.45) is 0 Å². The highest BCUT2D eigenvalue weighted by Gasteiger charge is 2.11. The molecule has 1 aromatic heterocycles. The van der Waals surface area contributed by atoms with Gasteiger partial charge in [0.25, 0.3) is 0 Å². The maximum atomic E-state index is 11.8. The first-order valence-corrected chi connectivity index (χ1v) is 8.12. The Balaban J connectivity index is 2.03. The van der Waals surface area contributed by atoms with Crippen molar-refractivity contribution in [2.75, 3.05) is 19.5 Å². The van der Waals surface area contributed by atoms with Gasteiger partial charge in [-0.3, -0.25) is 9.78 Å². The molecule has 7 nitrogen and oxygen atoms in total. The van der Waals surface area contributed by atoms with Crippen LogP contribution in [-0.4, -0.2) is 31.1 Å². The van der Waals surface area contributed by atoms with E-state index in [1.807, 2.05) is 0 Å². The number of nitrogens with one attached hydrogen (secondary N) is 1. The topological polar surface area (TPSA) is 86.8 Å². The Kier molecular flexibility index (Phi) is 5.21. The normalized spacial score (nSPS) is 10.3. The lowest BCUT2D eigenvalue weighted by Gasteiger charge is -2.12. The summed E-state index contributed by atoms with van der Waals surface area (Å²) in [4.78, 5) is 27.4. The van der Waals surface area contributed by atoms with Crippen LogP contribution in [-0.2, 0) is 9.53 Å². The second-order valence-electron chi connectivity index (χ2n) is 5.71. The zero-order valence-electron chi connectivity index (χ0n) is 15.1. The molecule has 0 aliphatic carbocycles. The molecule has 0 spiro atoms. The van der Waals surface area contributed by atoms with Crippen molar-refractivity contribution in [2.45, 2.75) is 6.92 Å². The van der Waals surface area contributed by atoms with E-state index in [0.29, 0.717) is 39.4 Å². The van der Waals surface area contributed by atoms with Gasteiger partial charge in [-0.05, 0) is 24.3 Å². The lowest BCUT2D eigenvalue weighted by Crippen LogP contribution is -2.06. The second-order valence-corrected chi connectivity index (χ2v) is 5.71. The number of hydrogen-bond acceptors (Lipinski definition) is 6. The van der Waals surface area contributed by atoms with E-state index in [1.54, 1.807) is 48.7 Å². The van der Waals surface area contributed by atoms with Crippen LogP contribution >= 0.6 is 0 Å². The van der Waals surface area contributed by atoms with Crippen LogP contribution in [0.15, 0.2) is 48.7 Å². The highest BCUT2D eigenvalue weighted by Crippen LogP contribution is 2.33. The number of carbonyl (C=O) groups is 2. The third-order valence-electron chi connectivity index (χ3n) is 3.79. The standard InChI is InChI=1S/C20H18N2O5/c1-12(23)22-14-9-15(25-2)11-16(10-14)27-19-6-7-21-18-5-4-13(8-17(18)19)20(24)26-3/h4-11H,1-3H3,(H,22,23). The molecule has 0 fully saturated rings. The molecule has 27 heavy (non-hydrogen) atoms. The van der Waals surface area contributed by atoms with Gasteiger partial charge in [-0.15, -0.1) is 0 Å². The number of fused-ring (bicyclic) bond motifs is 1. The van der Waals surface area contributed by atoms with E-state index in [0.717, 1.165) is 0 Å². The van der Waals surface area contributed by atoms with Crippen LogP contribution in [0.5, 0.6) is 17.2 Å². The second kappa shape index (κ2) is 7.74. The molecule has 0 bridgehead atoms. The molecule has 0 atom stereocenters. The predicted octanol–water partition coefficient (Wildman–Crippen LogP) is 3.78. The number of esters is 1. The summed E-state index contributed by atoms with van der Waals surface area (Å²) in [5.41, 5.74) is 1.61. The maximum Gasteiger partial charge on any atom is 0.337 e. The zero-order valence-corrected chi connectivity index (χ0v) is 15.1. The Bertz CT molecular complexity index is 1020. The largest absolute Gasteiger partial charge is 0.497 e. The molecule has 0 aliphatic rings. The molecule has 0 radical (unpaired) electrons. The van der Waals surface area contributed by atoms with Gasteiger partial charge in [0.15, 0.2) is 0 Å². The Morgan fingerprint density at radius 3 is 2.48 bits per heavy atom. The molecule has 7 heteroatoms. The summed E-state index contributed by atoms with van der Waals surface area (Å²) >= 11 is 0. The zero-order chi connectivity index (χ0) is 19.4. The van der Waals surface area contributed by atoms with E-state index < -0.39 is 5.97 Å². The van der Waals surface area contributed by atoms with E-state index in [4.69, 9.17) is 14.2 Å². The Labute approximate surface area is 155 Å². The number of nitrogens with zero attached hydrogens (tertiary/aromatic N) is 1. The summed E-state index contributed by atoms with van der Waals surface area (Å²) in [5.74, 6) is 0.860. The Morgan fingerprint density at radius 2 is 1.78 bits per heavy atom. The molecule has 0 saturated carbocycles. The average Bonchev–Trinajstić information content (AvgIpc) is 2.66. The first-order chi connectivity index (χ1) is 13.0. The molecule has 3 aromatic rings. The Morgan fingerprint density at radius 1 is 1.00 bits per heavy atom. The molecular formula is C20H18N2O5. The summed E-state index contributed by atoms with van der Waals surface area (Å²) in [6.07, 6.45) is 1.62. The van der Waals surface area contributed by atoms with E-state index in [9.17, 15) is 9.59 Å². The third kappa shape index (κ3) is 4.14. The summed E-state index contributed by atoms with van der Waals surface area (Å²) in [7, 11) is 2.86. The number of aromatic nitrogens is 1. The van der Waals surface area contributed by atoms with Crippen LogP contribution < -0.4 is 14.8 Å². The van der Waals surface area contributed by atoms with Crippen LogP contribution in [0.2, 0.25) is 0 Å². The van der Waals surface area contributed by atoms with Crippen molar-refractivity contribution in [1.29, 1.82) is 0 Å². The minimum absolute atomic E-state index is 0.203. The molecule has 1 N–H and O–H groups in total. The number of pyridine rings is 1. The van der Waals surface area contributed by atoms with E-state index in [-0.39, 0.29) is 5.91 Å². The quantitative estimate of drug-likeness (QED) is 0.692. The molecule has 138 valence electrons. The average molecular weight is 366 g/mol. The number of anilines is 1. The van der Waals surface area contributed by atoms with Crippen molar-refractivity contribution < 1.29 is 23.8 Å². The fourth-order valence-electron chi connectivity index (χ4n) is 2.61. The van der Waals surface area contributed by atoms with Gasteiger partial charge in [0.1, 0.15) is 17.2 Å². The van der Waals surface area contributed by atoms with Crippen LogP contribution in [0.1, 0.15) is 17.3 Å². The molecule has 0 saturated heterocycles. The fourth-order valence-corrected chi connectivity index (χ4v) is 2.61. The van der Waals surface area contributed by atoms with Crippen molar-refractivity contribution >= 4 is 28.5 Å². The molecule has 1 heterocycles. The molecule has 1 amide bonds. The number of ether oxygens (including phenoxy) is 3. The number of carbonyl (C=O) groups excluding carboxylic acids is 2. The van der Waals surface area contributed by atoms with E-state index in [2.05, 4.69) is 10.3 Å². The van der Waals surface area contributed by atoms with Gasteiger partial charge in [-0.2, -0.15) is 0 Å². The molecule has 0 aliphatic heterocycles. The summed E-state index contributed by atoms with van der Waals surface area (Å²) < 4.78 is 16.0. The van der Waals surface area contributed by atoms with Crippen LogP contribution in [0.4, 0.5) is 5.69 Å². The number of benzene rings is 2. The molecule has 2 aromatic carbocycles. The Hall–Kier alpha value is -3.61. The molecule has 3 rings (SSSR count). The van der Waals surface area contributed by atoms with Gasteiger partial charge in [0.2, 0.25) is 5.91 Å². The smallest absolute Gasteiger partial charge is 0.337 e. The lowest BCUT2D eigenvalue weighted by atomic mass is 10.1.